The first-order chi connectivity index (χ1) is 9.34. The number of aromatic amines is 1. The van der Waals surface area contributed by atoms with E-state index < -0.39 is 0 Å². The fraction of sp³-hybridized carbons (Fsp3) is 0.429. The van der Waals surface area contributed by atoms with E-state index in [1.54, 1.807) is 11.8 Å². The predicted molar refractivity (Wildman–Crippen MR) is 75.9 cm³/mol. The van der Waals surface area contributed by atoms with Crippen LogP contribution in [0.4, 0.5) is 0 Å². The summed E-state index contributed by atoms with van der Waals surface area (Å²) in [6, 6.07) is 8.29. The average Bonchev–Trinajstić information content (AvgIpc) is 2.70. The van der Waals surface area contributed by atoms with Gasteiger partial charge < -0.3 is 10.1 Å². The molecule has 0 unspecified atom stereocenters. The van der Waals surface area contributed by atoms with Crippen LogP contribution in [0.1, 0.15) is 17.3 Å². The van der Waals surface area contributed by atoms with Crippen molar-refractivity contribution in [3.05, 3.63) is 35.5 Å². The fourth-order valence-corrected chi connectivity index (χ4v) is 3.87. The van der Waals surface area contributed by atoms with Gasteiger partial charge in [-0.15, -0.1) is 11.8 Å². The Morgan fingerprint density at radius 2 is 2.26 bits per heavy atom. The Balaban J connectivity index is 1.88. The van der Waals surface area contributed by atoms with Crippen LogP contribution in [0.5, 0.6) is 0 Å². The Bertz CT molecular complexity index is 613. The highest BCUT2D eigenvalue weighted by molar-refractivity contribution is 7.99. The number of aliphatic hydroxyl groups is 1. The van der Waals surface area contributed by atoms with Crippen molar-refractivity contribution in [1.82, 2.24) is 10.0 Å². The second-order valence-corrected chi connectivity index (χ2v) is 6.06. The van der Waals surface area contributed by atoms with Crippen LogP contribution in [-0.2, 0) is 11.3 Å². The maximum atomic E-state index is 10.4. The van der Waals surface area contributed by atoms with Crippen LogP contribution >= 0.6 is 11.8 Å². The van der Waals surface area contributed by atoms with Gasteiger partial charge in [0, 0.05) is 28.9 Å². The molecule has 4 nitrogen and oxygen atoms in total. The SMILES string of the molecule is O[C@@H]1CSCON2CCc3c([nH]c4ccccc34)[C@@H]12. The molecule has 0 amide bonds. The molecule has 0 spiro atoms. The van der Waals surface area contributed by atoms with Crippen LogP contribution in [-0.4, -0.2) is 39.5 Å². The molecule has 2 N–H and O–H groups in total. The van der Waals surface area contributed by atoms with Gasteiger partial charge in [0.2, 0.25) is 0 Å². The largest absolute Gasteiger partial charge is 0.390 e. The Hall–Kier alpha value is -1.01. The Morgan fingerprint density at radius 1 is 1.37 bits per heavy atom. The molecule has 19 heavy (non-hydrogen) atoms. The number of aliphatic hydroxyl groups excluding tert-OH is 1. The average molecular weight is 276 g/mol. The molecule has 100 valence electrons. The van der Waals surface area contributed by atoms with Crippen LogP contribution in [0.15, 0.2) is 24.3 Å². The summed E-state index contributed by atoms with van der Waals surface area (Å²) in [5.41, 5.74) is 3.62. The number of fused-ring (bicyclic) bond motifs is 5. The highest BCUT2D eigenvalue weighted by Crippen LogP contribution is 2.38. The van der Waals surface area contributed by atoms with Gasteiger partial charge in [0.05, 0.1) is 6.10 Å². The number of benzene rings is 1. The summed E-state index contributed by atoms with van der Waals surface area (Å²) in [4.78, 5) is 9.23. The molecular weight excluding hydrogens is 260 g/mol. The lowest BCUT2D eigenvalue weighted by atomic mass is 9.96. The van der Waals surface area contributed by atoms with Gasteiger partial charge in [-0.2, -0.15) is 5.06 Å². The third-order valence-corrected chi connectivity index (χ3v) is 4.84. The second-order valence-electron chi connectivity index (χ2n) is 5.08. The van der Waals surface area contributed by atoms with E-state index in [1.165, 1.54) is 10.9 Å². The monoisotopic (exact) mass is 276 g/mol. The summed E-state index contributed by atoms with van der Waals surface area (Å²) in [7, 11) is 0. The Labute approximate surface area is 115 Å². The van der Waals surface area contributed by atoms with Crippen molar-refractivity contribution in [1.29, 1.82) is 0 Å². The normalized spacial score (nSPS) is 27.8. The van der Waals surface area contributed by atoms with Gasteiger partial charge in [0.1, 0.15) is 12.0 Å². The molecule has 3 heterocycles. The van der Waals surface area contributed by atoms with Crippen LogP contribution in [0.2, 0.25) is 0 Å². The molecule has 1 aromatic heterocycles. The van der Waals surface area contributed by atoms with Crippen LogP contribution in [0.25, 0.3) is 10.9 Å². The van der Waals surface area contributed by atoms with E-state index in [2.05, 4.69) is 23.2 Å². The van der Waals surface area contributed by atoms with Crippen molar-refractivity contribution in [3.8, 4) is 0 Å². The van der Waals surface area contributed by atoms with E-state index >= 15 is 0 Å². The zero-order valence-electron chi connectivity index (χ0n) is 10.5. The number of para-hydroxylation sites is 1. The van der Waals surface area contributed by atoms with E-state index in [-0.39, 0.29) is 12.1 Å². The van der Waals surface area contributed by atoms with Gasteiger partial charge >= 0.3 is 0 Å². The highest BCUT2D eigenvalue weighted by Gasteiger charge is 2.37. The maximum Gasteiger partial charge on any atom is 0.114 e. The van der Waals surface area contributed by atoms with Crippen molar-refractivity contribution in [2.75, 3.05) is 18.2 Å². The van der Waals surface area contributed by atoms with Gasteiger partial charge in [-0.05, 0) is 18.1 Å². The van der Waals surface area contributed by atoms with Crippen molar-refractivity contribution in [3.63, 3.8) is 0 Å². The quantitative estimate of drug-likeness (QED) is 0.773. The van der Waals surface area contributed by atoms with Gasteiger partial charge in [-0.3, -0.25) is 4.84 Å². The number of H-pyrrole nitrogens is 1. The molecule has 5 heteroatoms. The van der Waals surface area contributed by atoms with Gasteiger partial charge in [-0.1, -0.05) is 18.2 Å². The van der Waals surface area contributed by atoms with Gasteiger partial charge in [-0.25, -0.2) is 0 Å². The van der Waals surface area contributed by atoms with E-state index in [0.717, 1.165) is 29.9 Å². The van der Waals surface area contributed by atoms with E-state index in [4.69, 9.17) is 4.84 Å². The summed E-state index contributed by atoms with van der Waals surface area (Å²) in [5, 5.41) is 13.6. The van der Waals surface area contributed by atoms with Crippen molar-refractivity contribution in [2.45, 2.75) is 18.6 Å². The van der Waals surface area contributed by atoms with E-state index in [9.17, 15) is 5.11 Å². The lowest BCUT2D eigenvalue weighted by Crippen LogP contribution is -2.40. The summed E-state index contributed by atoms with van der Waals surface area (Å²) in [6.45, 7) is 0.844. The molecule has 1 aromatic carbocycles. The predicted octanol–water partition coefficient (Wildman–Crippen LogP) is 2.06. The van der Waals surface area contributed by atoms with Crippen LogP contribution in [0.3, 0.4) is 0 Å². The number of nitrogens with one attached hydrogen (secondary N) is 1. The lowest BCUT2D eigenvalue weighted by Gasteiger charge is -2.34. The molecule has 0 aliphatic carbocycles. The number of aromatic nitrogens is 1. The van der Waals surface area contributed by atoms with Crippen LogP contribution < -0.4 is 0 Å². The molecule has 1 saturated heterocycles. The minimum Gasteiger partial charge on any atom is -0.390 e. The molecule has 0 bridgehead atoms. The van der Waals surface area contributed by atoms with Crippen molar-refractivity contribution < 1.29 is 9.94 Å². The smallest absolute Gasteiger partial charge is 0.114 e. The standard InChI is InChI=1S/C14H16N2O2S/c17-12-7-19-8-18-16-6-5-10-9-3-1-2-4-11(9)15-13(10)14(12)16/h1-4,12,14-15,17H,5-8H2/t12-,14-/m1/s1. The zero-order valence-corrected chi connectivity index (χ0v) is 11.3. The molecule has 0 radical (unpaired) electrons. The van der Waals surface area contributed by atoms with E-state index in [0.29, 0.717) is 5.94 Å². The van der Waals surface area contributed by atoms with Crippen molar-refractivity contribution >= 4 is 22.7 Å². The molecule has 2 aliphatic heterocycles. The number of nitrogens with zero attached hydrogens (tertiary/aromatic N) is 1. The zero-order chi connectivity index (χ0) is 12.8. The van der Waals surface area contributed by atoms with Gasteiger partial charge in [0.25, 0.3) is 0 Å². The minimum absolute atomic E-state index is 0.0638. The number of hydroxylamine groups is 2. The highest BCUT2D eigenvalue weighted by atomic mass is 32.2. The molecule has 0 saturated carbocycles. The minimum atomic E-state index is -0.389. The molecule has 2 aliphatic rings. The fourth-order valence-electron chi connectivity index (χ4n) is 3.14. The molecular formula is C14H16N2O2S. The summed E-state index contributed by atoms with van der Waals surface area (Å²) < 4.78 is 0. The molecule has 1 fully saturated rings. The number of rotatable bonds is 0. The number of hydrogen-bond donors (Lipinski definition) is 2. The Morgan fingerprint density at radius 3 is 3.21 bits per heavy atom. The third kappa shape index (κ3) is 1.80. The molecule has 4 rings (SSSR count). The second kappa shape index (κ2) is 4.52. The maximum absolute atomic E-state index is 10.4. The first kappa shape index (κ1) is 11.8. The Kier molecular flexibility index (Phi) is 2.81. The van der Waals surface area contributed by atoms with Crippen molar-refractivity contribution in [2.24, 2.45) is 0 Å². The van der Waals surface area contributed by atoms with E-state index in [1.807, 2.05) is 11.1 Å². The lowest BCUT2D eigenvalue weighted by molar-refractivity contribution is -0.190. The topological polar surface area (TPSA) is 48.5 Å². The first-order valence-corrected chi connectivity index (χ1v) is 7.75. The number of hydrogen-bond acceptors (Lipinski definition) is 4. The summed E-state index contributed by atoms with van der Waals surface area (Å²) in [6.07, 6.45) is 0.576. The third-order valence-electron chi connectivity index (χ3n) is 3.99. The summed E-state index contributed by atoms with van der Waals surface area (Å²) >= 11 is 1.64. The molecule has 2 atom stereocenters. The number of thioether (sulfide) groups is 1. The molecule has 2 aromatic rings. The summed E-state index contributed by atoms with van der Waals surface area (Å²) in [5.74, 6) is 1.35. The van der Waals surface area contributed by atoms with Crippen LogP contribution in [0, 0.1) is 0 Å². The first-order valence-electron chi connectivity index (χ1n) is 6.59. The van der Waals surface area contributed by atoms with Gasteiger partial charge in [0.15, 0.2) is 0 Å².